The van der Waals surface area contributed by atoms with Crippen LogP contribution in [0.2, 0.25) is 0 Å². The smallest absolute Gasteiger partial charge is 0.309 e. The predicted octanol–water partition coefficient (Wildman–Crippen LogP) is 1.34. The molecule has 5 unspecified atom stereocenters. The van der Waals surface area contributed by atoms with E-state index in [1.165, 1.54) is 0 Å². The average molecular weight is 215 g/mol. The molecule has 3 nitrogen and oxygen atoms in total. The lowest BCUT2D eigenvalue weighted by atomic mass is 9.91. The number of ether oxygens (including phenoxy) is 1. The van der Waals surface area contributed by atoms with Gasteiger partial charge >= 0.3 is 5.97 Å². The molecular formula is C10H11ClO3. The highest BCUT2D eigenvalue weighted by Gasteiger charge is 2.60. The van der Waals surface area contributed by atoms with E-state index in [4.69, 9.17) is 16.3 Å². The zero-order chi connectivity index (χ0) is 9.87. The van der Waals surface area contributed by atoms with Gasteiger partial charge in [0.1, 0.15) is 6.10 Å². The lowest BCUT2D eigenvalue weighted by Crippen LogP contribution is -2.18. The largest absolute Gasteiger partial charge is 0.462 e. The zero-order valence-corrected chi connectivity index (χ0v) is 8.37. The Morgan fingerprint density at radius 1 is 1.43 bits per heavy atom. The Balaban J connectivity index is 1.94. The van der Waals surface area contributed by atoms with Gasteiger partial charge < -0.3 is 4.74 Å². The van der Waals surface area contributed by atoms with Gasteiger partial charge in [0.15, 0.2) is 0 Å². The third kappa shape index (κ3) is 0.937. The van der Waals surface area contributed by atoms with Gasteiger partial charge in [-0.15, -0.1) is 0 Å². The highest BCUT2D eigenvalue weighted by molar-refractivity contribution is 6.64. The topological polar surface area (TPSA) is 43.4 Å². The SMILES string of the molecule is O=C(Cl)C1CC2C(=O)OC3CCC1C32. The first-order valence-corrected chi connectivity index (χ1v) is 5.46. The summed E-state index contributed by atoms with van der Waals surface area (Å²) < 4.78 is 5.25. The van der Waals surface area contributed by atoms with E-state index in [1.54, 1.807) is 0 Å². The summed E-state index contributed by atoms with van der Waals surface area (Å²) in [5.41, 5.74) is 0. The monoisotopic (exact) mass is 214 g/mol. The Morgan fingerprint density at radius 2 is 2.21 bits per heavy atom. The summed E-state index contributed by atoms with van der Waals surface area (Å²) in [5, 5.41) is -0.266. The van der Waals surface area contributed by atoms with Crippen LogP contribution < -0.4 is 0 Å². The van der Waals surface area contributed by atoms with Crippen LogP contribution in [0.5, 0.6) is 0 Å². The van der Waals surface area contributed by atoms with Gasteiger partial charge in [0.05, 0.1) is 5.92 Å². The molecule has 1 heterocycles. The van der Waals surface area contributed by atoms with Crippen LogP contribution in [0.25, 0.3) is 0 Å². The zero-order valence-electron chi connectivity index (χ0n) is 7.61. The van der Waals surface area contributed by atoms with Crippen LogP contribution in [-0.4, -0.2) is 17.3 Å². The van der Waals surface area contributed by atoms with E-state index in [0.29, 0.717) is 12.3 Å². The maximum Gasteiger partial charge on any atom is 0.309 e. The molecule has 0 spiro atoms. The molecule has 3 fully saturated rings. The Morgan fingerprint density at radius 3 is 2.93 bits per heavy atom. The number of rotatable bonds is 1. The number of halogens is 1. The first-order valence-electron chi connectivity index (χ1n) is 5.08. The second kappa shape index (κ2) is 2.72. The second-order valence-electron chi connectivity index (χ2n) is 4.55. The van der Waals surface area contributed by atoms with Crippen molar-refractivity contribution in [1.82, 2.24) is 0 Å². The van der Waals surface area contributed by atoms with Crippen molar-refractivity contribution in [3.8, 4) is 0 Å². The molecule has 1 aliphatic heterocycles. The first kappa shape index (κ1) is 8.72. The van der Waals surface area contributed by atoms with Crippen LogP contribution in [-0.2, 0) is 14.3 Å². The molecule has 3 rings (SSSR count). The van der Waals surface area contributed by atoms with Crippen molar-refractivity contribution < 1.29 is 14.3 Å². The molecule has 5 atom stereocenters. The molecule has 1 saturated heterocycles. The van der Waals surface area contributed by atoms with Crippen molar-refractivity contribution in [3.05, 3.63) is 0 Å². The molecule has 4 heteroatoms. The maximum absolute atomic E-state index is 11.4. The van der Waals surface area contributed by atoms with Gasteiger partial charge in [-0.25, -0.2) is 0 Å². The lowest BCUT2D eigenvalue weighted by molar-refractivity contribution is -0.144. The highest BCUT2D eigenvalue weighted by Crippen LogP contribution is 2.56. The van der Waals surface area contributed by atoms with Crippen molar-refractivity contribution in [1.29, 1.82) is 0 Å². The maximum atomic E-state index is 11.4. The summed E-state index contributed by atoms with van der Waals surface area (Å²) in [6.45, 7) is 0. The van der Waals surface area contributed by atoms with Crippen molar-refractivity contribution in [2.75, 3.05) is 0 Å². The van der Waals surface area contributed by atoms with E-state index >= 15 is 0 Å². The second-order valence-corrected chi connectivity index (χ2v) is 4.92. The molecule has 0 aromatic heterocycles. The molecular weight excluding hydrogens is 204 g/mol. The van der Waals surface area contributed by atoms with E-state index in [9.17, 15) is 9.59 Å². The summed E-state index contributed by atoms with van der Waals surface area (Å²) in [6, 6.07) is 0. The van der Waals surface area contributed by atoms with Gasteiger partial charge in [-0.05, 0) is 36.8 Å². The van der Waals surface area contributed by atoms with Crippen molar-refractivity contribution in [2.45, 2.75) is 25.4 Å². The van der Waals surface area contributed by atoms with Gasteiger partial charge in [0.2, 0.25) is 5.24 Å². The van der Waals surface area contributed by atoms with Gasteiger partial charge in [-0.1, -0.05) is 0 Å². The van der Waals surface area contributed by atoms with Crippen molar-refractivity contribution in [3.63, 3.8) is 0 Å². The molecule has 0 bridgehead atoms. The average Bonchev–Trinajstić information content (AvgIpc) is 2.69. The van der Waals surface area contributed by atoms with Gasteiger partial charge in [-0.2, -0.15) is 0 Å². The van der Waals surface area contributed by atoms with Crippen LogP contribution in [0.3, 0.4) is 0 Å². The first-order chi connectivity index (χ1) is 6.68. The van der Waals surface area contributed by atoms with E-state index < -0.39 is 0 Å². The molecule has 14 heavy (non-hydrogen) atoms. The van der Waals surface area contributed by atoms with E-state index in [2.05, 4.69) is 0 Å². The fraction of sp³-hybridized carbons (Fsp3) is 0.800. The fourth-order valence-corrected chi connectivity index (χ4v) is 3.79. The Hall–Kier alpha value is -0.570. The van der Waals surface area contributed by atoms with Gasteiger partial charge in [0, 0.05) is 11.8 Å². The van der Waals surface area contributed by atoms with Gasteiger partial charge in [0.25, 0.3) is 0 Å². The summed E-state index contributed by atoms with van der Waals surface area (Å²) >= 11 is 5.54. The molecule has 0 aromatic rings. The minimum absolute atomic E-state index is 0.0415. The Kier molecular flexibility index (Phi) is 1.69. The molecule has 0 radical (unpaired) electrons. The molecule has 76 valence electrons. The number of hydrogen-bond donors (Lipinski definition) is 0. The predicted molar refractivity (Wildman–Crippen MR) is 48.6 cm³/mol. The highest BCUT2D eigenvalue weighted by atomic mass is 35.5. The molecule has 0 amide bonds. The van der Waals surface area contributed by atoms with Crippen molar-refractivity contribution in [2.24, 2.45) is 23.7 Å². The molecule has 2 aliphatic carbocycles. The van der Waals surface area contributed by atoms with E-state index in [-0.39, 0.29) is 35.1 Å². The minimum atomic E-state index is -0.266. The summed E-state index contributed by atoms with van der Waals surface area (Å²) in [4.78, 5) is 22.6. The fourth-order valence-electron chi connectivity index (χ4n) is 3.54. The summed E-state index contributed by atoms with van der Waals surface area (Å²) in [5.74, 6) is 0.353. The van der Waals surface area contributed by atoms with Crippen molar-refractivity contribution >= 4 is 22.8 Å². The quantitative estimate of drug-likeness (QED) is 0.489. The number of esters is 1. The Labute approximate surface area is 86.7 Å². The molecule has 0 N–H and O–H groups in total. The molecule has 3 aliphatic rings. The standard InChI is InChI=1S/C10H11ClO3/c11-9(12)5-3-6-8-4(5)1-2-7(8)14-10(6)13/h4-8H,1-3H2. The molecule has 2 saturated carbocycles. The van der Waals surface area contributed by atoms with Crippen LogP contribution in [0.4, 0.5) is 0 Å². The van der Waals surface area contributed by atoms with Crippen LogP contribution in [0.15, 0.2) is 0 Å². The lowest BCUT2D eigenvalue weighted by Gasteiger charge is -2.13. The van der Waals surface area contributed by atoms with E-state index in [0.717, 1.165) is 12.8 Å². The van der Waals surface area contributed by atoms with E-state index in [1.807, 2.05) is 0 Å². The minimum Gasteiger partial charge on any atom is -0.462 e. The van der Waals surface area contributed by atoms with Crippen LogP contribution >= 0.6 is 11.6 Å². The molecule has 0 aromatic carbocycles. The van der Waals surface area contributed by atoms with Crippen LogP contribution in [0, 0.1) is 23.7 Å². The third-order valence-corrected chi connectivity index (χ3v) is 4.34. The normalized spacial score (nSPS) is 49.2. The van der Waals surface area contributed by atoms with Crippen LogP contribution in [0.1, 0.15) is 19.3 Å². The number of carbonyl (C=O) groups excluding carboxylic acids is 2. The summed E-state index contributed by atoms with van der Waals surface area (Å²) in [7, 11) is 0. The third-order valence-electron chi connectivity index (χ3n) is 4.06. The van der Waals surface area contributed by atoms with Gasteiger partial charge in [-0.3, -0.25) is 9.59 Å². The number of carbonyl (C=O) groups is 2. The summed E-state index contributed by atoms with van der Waals surface area (Å²) in [6.07, 6.45) is 2.60. The Bertz CT molecular complexity index is 314. The number of hydrogen-bond acceptors (Lipinski definition) is 3.